The van der Waals surface area contributed by atoms with Gasteiger partial charge in [-0.05, 0) is 49.9 Å². The molecule has 43 heavy (non-hydrogen) atoms. The van der Waals surface area contributed by atoms with Crippen LogP contribution in [0.25, 0.3) is 11.0 Å². The molecule has 2 aromatic carbocycles. The molecule has 2 heterocycles. The molecule has 3 aromatic rings. The predicted molar refractivity (Wildman–Crippen MR) is 152 cm³/mol. The van der Waals surface area contributed by atoms with Crippen molar-refractivity contribution in [2.24, 2.45) is 0 Å². The van der Waals surface area contributed by atoms with E-state index in [-0.39, 0.29) is 6.61 Å². The first-order chi connectivity index (χ1) is 20.4. The largest absolute Gasteiger partial charge is 0.464 e. The maximum absolute atomic E-state index is 12.2. The molecule has 4 rings (SSSR count). The highest BCUT2D eigenvalue weighted by molar-refractivity contribution is 5.88. The lowest BCUT2D eigenvalue weighted by atomic mass is 9.98. The summed E-state index contributed by atoms with van der Waals surface area (Å²) in [7, 11) is 0. The van der Waals surface area contributed by atoms with Crippen LogP contribution in [0.3, 0.4) is 0 Å². The van der Waals surface area contributed by atoms with Crippen LogP contribution in [-0.2, 0) is 55.7 Å². The summed E-state index contributed by atoms with van der Waals surface area (Å²) in [5, 5.41) is 0.700. The second-order valence-corrected chi connectivity index (χ2v) is 10.6. The number of rotatable bonds is 10. The van der Waals surface area contributed by atoms with Gasteiger partial charge in [-0.1, -0.05) is 29.8 Å². The molecule has 11 heteroatoms. The SMILES string of the molecule is CC(=O)OC[C@H]1O[C@@H](Oc2cc(C)cc3occ(CCc4ccc(C)cc4)c23)[C@H](OC(C)=O)[C@@H](OC(C)=O)[C@@H]1OC(C)=O. The van der Waals surface area contributed by atoms with Crippen LogP contribution in [0.2, 0.25) is 0 Å². The average molecular weight is 597 g/mol. The third-order valence-corrected chi connectivity index (χ3v) is 6.85. The van der Waals surface area contributed by atoms with E-state index in [0.717, 1.165) is 37.0 Å². The van der Waals surface area contributed by atoms with Crippen LogP contribution in [0.1, 0.15) is 49.9 Å². The Hall–Kier alpha value is -4.38. The third kappa shape index (κ3) is 8.13. The molecule has 1 aliphatic heterocycles. The summed E-state index contributed by atoms with van der Waals surface area (Å²) in [6, 6.07) is 12.0. The smallest absolute Gasteiger partial charge is 0.303 e. The number of hydrogen-bond donors (Lipinski definition) is 0. The highest BCUT2D eigenvalue weighted by Crippen LogP contribution is 2.37. The number of benzene rings is 2. The molecule has 0 spiro atoms. The van der Waals surface area contributed by atoms with Crippen LogP contribution in [0.5, 0.6) is 5.75 Å². The number of hydrogen-bond acceptors (Lipinski definition) is 11. The van der Waals surface area contributed by atoms with E-state index in [4.69, 9.17) is 32.8 Å². The van der Waals surface area contributed by atoms with Gasteiger partial charge < -0.3 is 32.8 Å². The number of aryl methyl sites for hydroxylation is 4. The monoisotopic (exact) mass is 596 g/mol. The fraction of sp³-hybridized carbons (Fsp3) is 0.438. The van der Waals surface area contributed by atoms with Crippen molar-refractivity contribution < 1.29 is 52.0 Å². The lowest BCUT2D eigenvalue weighted by Crippen LogP contribution is -2.63. The van der Waals surface area contributed by atoms with Crippen molar-refractivity contribution in [1.82, 2.24) is 0 Å². The Morgan fingerprint density at radius 3 is 2.00 bits per heavy atom. The predicted octanol–water partition coefficient (Wildman–Crippen LogP) is 4.30. The van der Waals surface area contributed by atoms with Crippen molar-refractivity contribution >= 4 is 34.8 Å². The minimum atomic E-state index is -1.36. The zero-order valence-corrected chi connectivity index (χ0v) is 25.0. The molecular weight excluding hydrogens is 560 g/mol. The van der Waals surface area contributed by atoms with Gasteiger partial charge in [0.25, 0.3) is 0 Å². The molecular formula is C32H36O11. The molecule has 0 N–H and O–H groups in total. The molecule has 11 nitrogen and oxygen atoms in total. The van der Waals surface area contributed by atoms with E-state index in [1.54, 1.807) is 12.3 Å². The third-order valence-electron chi connectivity index (χ3n) is 6.85. The van der Waals surface area contributed by atoms with Crippen molar-refractivity contribution in [3.8, 4) is 5.75 Å². The Morgan fingerprint density at radius 1 is 0.744 bits per heavy atom. The molecule has 1 fully saturated rings. The van der Waals surface area contributed by atoms with E-state index in [9.17, 15) is 19.2 Å². The quantitative estimate of drug-likeness (QED) is 0.245. The van der Waals surface area contributed by atoms with Gasteiger partial charge in [0.15, 0.2) is 12.2 Å². The molecule has 0 radical (unpaired) electrons. The number of carbonyl (C=O) groups is 4. The first-order valence-electron chi connectivity index (χ1n) is 13.9. The summed E-state index contributed by atoms with van der Waals surface area (Å²) < 4.78 is 40.1. The fourth-order valence-corrected chi connectivity index (χ4v) is 5.04. The number of fused-ring (bicyclic) bond motifs is 1. The highest BCUT2D eigenvalue weighted by atomic mass is 16.7. The minimum Gasteiger partial charge on any atom is -0.464 e. The van der Waals surface area contributed by atoms with E-state index in [1.807, 2.05) is 19.9 Å². The van der Waals surface area contributed by atoms with Gasteiger partial charge in [0.1, 0.15) is 24.0 Å². The lowest BCUT2D eigenvalue weighted by Gasteiger charge is -2.44. The van der Waals surface area contributed by atoms with Crippen molar-refractivity contribution in [2.75, 3.05) is 6.61 Å². The van der Waals surface area contributed by atoms with Crippen LogP contribution < -0.4 is 4.74 Å². The summed E-state index contributed by atoms with van der Waals surface area (Å²) in [4.78, 5) is 48.1. The van der Waals surface area contributed by atoms with Crippen LogP contribution in [0.4, 0.5) is 0 Å². The molecule has 0 aliphatic carbocycles. The second kappa shape index (κ2) is 13.7. The fourth-order valence-electron chi connectivity index (χ4n) is 5.04. The van der Waals surface area contributed by atoms with Crippen molar-refractivity contribution in [2.45, 2.75) is 85.1 Å². The van der Waals surface area contributed by atoms with Crippen LogP contribution >= 0.6 is 0 Å². The Kier molecular flexibility index (Phi) is 10.1. The highest BCUT2D eigenvalue weighted by Gasteiger charge is 2.53. The Balaban J connectivity index is 1.73. The molecule has 0 unspecified atom stereocenters. The minimum absolute atomic E-state index is 0.353. The lowest BCUT2D eigenvalue weighted by molar-refractivity contribution is -0.288. The Labute approximate surface area is 249 Å². The summed E-state index contributed by atoms with van der Waals surface area (Å²) in [5.41, 5.74) is 4.63. The summed E-state index contributed by atoms with van der Waals surface area (Å²) >= 11 is 0. The van der Waals surface area contributed by atoms with Gasteiger partial charge in [0.05, 0.1) is 11.6 Å². The van der Waals surface area contributed by atoms with Crippen LogP contribution in [0, 0.1) is 13.8 Å². The molecule has 0 amide bonds. The second-order valence-electron chi connectivity index (χ2n) is 10.6. The van der Waals surface area contributed by atoms with E-state index in [1.165, 1.54) is 19.4 Å². The molecule has 0 saturated carbocycles. The number of carbonyl (C=O) groups excluding carboxylic acids is 4. The molecule has 1 aliphatic rings. The first kappa shape index (κ1) is 31.6. The van der Waals surface area contributed by atoms with Crippen molar-refractivity contribution in [1.29, 1.82) is 0 Å². The standard InChI is InChI=1S/C32H36O11/c1-17-7-9-23(10-8-17)11-12-24-15-38-25-13-18(2)14-26(28(24)25)42-32-31(41-22(6)36)30(40-21(5)35)29(39-20(4)34)27(43-32)16-37-19(3)33/h7-10,13-15,27,29-32H,11-12,16H2,1-6H3/t27-,29-,30+,31-,32-/m1/s1. The molecule has 230 valence electrons. The zero-order chi connectivity index (χ0) is 31.3. The molecule has 1 aromatic heterocycles. The Morgan fingerprint density at radius 2 is 1.37 bits per heavy atom. The average Bonchev–Trinajstić information content (AvgIpc) is 3.32. The topological polar surface area (TPSA) is 137 Å². The van der Waals surface area contributed by atoms with Crippen LogP contribution in [-0.4, -0.2) is 61.2 Å². The van der Waals surface area contributed by atoms with Gasteiger partial charge in [-0.2, -0.15) is 0 Å². The van der Waals surface area contributed by atoms with Gasteiger partial charge in [0, 0.05) is 33.3 Å². The number of ether oxygens (including phenoxy) is 6. The summed E-state index contributed by atoms with van der Waals surface area (Å²) in [5.74, 6) is -2.38. The Bertz CT molecular complexity index is 1470. The van der Waals surface area contributed by atoms with Gasteiger partial charge in [-0.15, -0.1) is 0 Å². The van der Waals surface area contributed by atoms with Crippen LogP contribution in [0.15, 0.2) is 47.1 Å². The normalized spacial score (nSPS) is 21.6. The summed E-state index contributed by atoms with van der Waals surface area (Å²) in [6.07, 6.45) is -3.37. The summed E-state index contributed by atoms with van der Waals surface area (Å²) in [6.45, 7) is 8.27. The van der Waals surface area contributed by atoms with E-state index in [2.05, 4.69) is 24.3 Å². The maximum Gasteiger partial charge on any atom is 0.303 e. The van der Waals surface area contributed by atoms with Crippen molar-refractivity contribution in [3.05, 3.63) is 64.9 Å². The zero-order valence-electron chi connectivity index (χ0n) is 25.0. The van der Waals surface area contributed by atoms with Crippen molar-refractivity contribution in [3.63, 3.8) is 0 Å². The first-order valence-corrected chi connectivity index (χ1v) is 13.9. The van der Waals surface area contributed by atoms with Gasteiger partial charge >= 0.3 is 23.9 Å². The number of furan rings is 1. The molecule has 5 atom stereocenters. The van der Waals surface area contributed by atoms with Gasteiger partial charge in [-0.25, -0.2) is 0 Å². The number of esters is 4. The van der Waals surface area contributed by atoms with E-state index in [0.29, 0.717) is 23.1 Å². The van der Waals surface area contributed by atoms with E-state index >= 15 is 0 Å². The molecule has 1 saturated heterocycles. The van der Waals surface area contributed by atoms with E-state index < -0.39 is 54.6 Å². The van der Waals surface area contributed by atoms with Gasteiger partial charge in [-0.3, -0.25) is 19.2 Å². The van der Waals surface area contributed by atoms with Gasteiger partial charge in [0.2, 0.25) is 12.4 Å². The molecule has 0 bridgehead atoms. The maximum atomic E-state index is 12.2.